The van der Waals surface area contributed by atoms with Crippen LogP contribution in [0.1, 0.15) is 64.1 Å². The molecule has 1 aliphatic carbocycles. The Morgan fingerprint density at radius 1 is 1.32 bits per heavy atom. The van der Waals surface area contributed by atoms with Crippen LogP contribution in [0.2, 0.25) is 0 Å². The summed E-state index contributed by atoms with van der Waals surface area (Å²) in [5, 5.41) is 13.9. The van der Waals surface area contributed by atoms with Gasteiger partial charge >= 0.3 is 0 Å². The average Bonchev–Trinajstić information content (AvgIpc) is 2.67. The van der Waals surface area contributed by atoms with Crippen LogP contribution in [0.15, 0.2) is 0 Å². The van der Waals surface area contributed by atoms with E-state index in [1.165, 1.54) is 32.1 Å². The lowest BCUT2D eigenvalue weighted by Gasteiger charge is -2.21. The summed E-state index contributed by atoms with van der Waals surface area (Å²) >= 11 is 0. The van der Waals surface area contributed by atoms with Crippen molar-refractivity contribution in [1.29, 1.82) is 5.26 Å². The number of hydrogen-bond donors (Lipinski definition) is 1. The minimum atomic E-state index is -0.180. The predicted molar refractivity (Wildman–Crippen MR) is 76.6 cm³/mol. The maximum absolute atomic E-state index is 9.32. The Kier molecular flexibility index (Phi) is 3.84. The molecule has 1 aliphatic rings. The Morgan fingerprint density at radius 2 is 1.95 bits per heavy atom. The van der Waals surface area contributed by atoms with Gasteiger partial charge in [-0.05, 0) is 33.1 Å². The topological polar surface area (TPSA) is 67.6 Å². The van der Waals surface area contributed by atoms with E-state index in [1.54, 1.807) is 4.68 Å². The van der Waals surface area contributed by atoms with E-state index in [0.717, 1.165) is 12.1 Å². The van der Waals surface area contributed by atoms with Crippen molar-refractivity contribution >= 4 is 5.82 Å². The van der Waals surface area contributed by atoms with Crippen molar-refractivity contribution in [1.82, 2.24) is 9.78 Å². The van der Waals surface area contributed by atoms with Crippen LogP contribution in [0.5, 0.6) is 0 Å². The molecular formula is C15H24N4. The minimum absolute atomic E-state index is 0.180. The first-order chi connectivity index (χ1) is 8.93. The zero-order chi connectivity index (χ0) is 14.0. The molecule has 0 unspecified atom stereocenters. The molecule has 1 fully saturated rings. The molecule has 0 bridgehead atoms. The number of nitrogen functional groups attached to an aromatic ring is 1. The van der Waals surface area contributed by atoms with Gasteiger partial charge in [0.1, 0.15) is 17.5 Å². The van der Waals surface area contributed by atoms with Crippen molar-refractivity contribution in [3.63, 3.8) is 0 Å². The molecule has 0 saturated heterocycles. The first kappa shape index (κ1) is 13.9. The third kappa shape index (κ3) is 2.91. The SMILES string of the molecule is CC(C)(C)n1nc(CC2CCCCC2)c(C#N)c1N. The van der Waals surface area contributed by atoms with Gasteiger partial charge in [0.05, 0.1) is 11.2 Å². The van der Waals surface area contributed by atoms with Crippen LogP contribution in [0.25, 0.3) is 0 Å². The summed E-state index contributed by atoms with van der Waals surface area (Å²) in [6.07, 6.45) is 7.38. The van der Waals surface area contributed by atoms with Crippen LogP contribution in [-0.4, -0.2) is 9.78 Å². The maximum atomic E-state index is 9.32. The van der Waals surface area contributed by atoms with Crippen molar-refractivity contribution in [2.45, 2.75) is 64.8 Å². The molecule has 2 rings (SSSR count). The number of nitriles is 1. The lowest BCUT2D eigenvalue weighted by molar-refractivity contribution is 0.339. The summed E-state index contributed by atoms with van der Waals surface area (Å²) in [5.41, 5.74) is 7.38. The first-order valence-electron chi connectivity index (χ1n) is 7.21. The van der Waals surface area contributed by atoms with Gasteiger partial charge in [-0.15, -0.1) is 0 Å². The molecule has 1 aromatic heterocycles. The van der Waals surface area contributed by atoms with E-state index in [0.29, 0.717) is 17.3 Å². The molecule has 1 aromatic rings. The van der Waals surface area contributed by atoms with Gasteiger partial charge in [-0.1, -0.05) is 32.1 Å². The van der Waals surface area contributed by atoms with Gasteiger partial charge in [-0.25, -0.2) is 4.68 Å². The van der Waals surface area contributed by atoms with Gasteiger partial charge in [0.2, 0.25) is 0 Å². The van der Waals surface area contributed by atoms with Crippen LogP contribution in [-0.2, 0) is 12.0 Å². The monoisotopic (exact) mass is 260 g/mol. The summed E-state index contributed by atoms with van der Waals surface area (Å²) in [5.74, 6) is 1.18. The van der Waals surface area contributed by atoms with Gasteiger partial charge in [0.25, 0.3) is 0 Å². The fraction of sp³-hybridized carbons (Fsp3) is 0.733. The van der Waals surface area contributed by atoms with Gasteiger partial charge in [-0.2, -0.15) is 10.4 Å². The molecule has 0 spiro atoms. The van der Waals surface area contributed by atoms with Crippen molar-refractivity contribution in [3.8, 4) is 6.07 Å². The average molecular weight is 260 g/mol. The highest BCUT2D eigenvalue weighted by molar-refractivity contribution is 5.52. The third-order valence-electron chi connectivity index (χ3n) is 3.95. The Bertz CT molecular complexity index is 481. The Morgan fingerprint density at radius 3 is 2.47 bits per heavy atom. The number of nitrogens with two attached hydrogens (primary N) is 1. The van der Waals surface area contributed by atoms with E-state index in [-0.39, 0.29) is 5.54 Å². The van der Waals surface area contributed by atoms with Crippen LogP contribution in [0.3, 0.4) is 0 Å². The fourth-order valence-electron chi connectivity index (χ4n) is 2.92. The number of aromatic nitrogens is 2. The molecule has 0 aromatic carbocycles. The maximum Gasteiger partial charge on any atom is 0.140 e. The molecule has 4 nitrogen and oxygen atoms in total. The molecule has 4 heteroatoms. The zero-order valence-electron chi connectivity index (χ0n) is 12.2. The largest absolute Gasteiger partial charge is 0.383 e. The van der Waals surface area contributed by atoms with E-state index < -0.39 is 0 Å². The molecule has 0 atom stereocenters. The fourth-order valence-corrected chi connectivity index (χ4v) is 2.92. The van der Waals surface area contributed by atoms with Crippen molar-refractivity contribution < 1.29 is 0 Å². The predicted octanol–water partition coefficient (Wildman–Crippen LogP) is 3.21. The van der Waals surface area contributed by atoms with E-state index in [1.807, 2.05) is 0 Å². The van der Waals surface area contributed by atoms with E-state index >= 15 is 0 Å². The second kappa shape index (κ2) is 5.24. The molecule has 104 valence electrons. The van der Waals surface area contributed by atoms with Crippen molar-refractivity contribution in [3.05, 3.63) is 11.3 Å². The zero-order valence-corrected chi connectivity index (χ0v) is 12.2. The molecule has 0 radical (unpaired) electrons. The standard InChI is InChI=1S/C15H24N4/c1-15(2,3)19-14(17)12(10-16)13(18-19)9-11-7-5-4-6-8-11/h11H,4-9,17H2,1-3H3. The Balaban J connectivity index is 2.27. The van der Waals surface area contributed by atoms with Crippen LogP contribution >= 0.6 is 0 Å². The number of rotatable bonds is 2. The second-order valence-corrected chi connectivity index (χ2v) is 6.61. The van der Waals surface area contributed by atoms with Gasteiger partial charge < -0.3 is 5.73 Å². The van der Waals surface area contributed by atoms with Gasteiger partial charge in [0, 0.05) is 0 Å². The van der Waals surface area contributed by atoms with Crippen LogP contribution in [0.4, 0.5) is 5.82 Å². The lowest BCUT2D eigenvalue weighted by atomic mass is 9.85. The van der Waals surface area contributed by atoms with Crippen LogP contribution < -0.4 is 5.73 Å². The summed E-state index contributed by atoms with van der Waals surface area (Å²) in [6.45, 7) is 6.17. The number of hydrogen-bond acceptors (Lipinski definition) is 3. The first-order valence-corrected chi connectivity index (χ1v) is 7.21. The third-order valence-corrected chi connectivity index (χ3v) is 3.95. The summed E-state index contributed by atoms with van der Waals surface area (Å²) < 4.78 is 1.80. The summed E-state index contributed by atoms with van der Waals surface area (Å²) in [7, 11) is 0. The highest BCUT2D eigenvalue weighted by atomic mass is 15.3. The highest BCUT2D eigenvalue weighted by Crippen LogP contribution is 2.30. The molecule has 19 heavy (non-hydrogen) atoms. The molecule has 0 aliphatic heterocycles. The quantitative estimate of drug-likeness (QED) is 0.887. The Hall–Kier alpha value is -1.50. The molecule has 2 N–H and O–H groups in total. The van der Waals surface area contributed by atoms with E-state index in [9.17, 15) is 5.26 Å². The molecule has 1 saturated carbocycles. The molecule has 0 amide bonds. The highest BCUT2D eigenvalue weighted by Gasteiger charge is 2.25. The van der Waals surface area contributed by atoms with Crippen molar-refractivity contribution in [2.75, 3.05) is 5.73 Å². The van der Waals surface area contributed by atoms with Crippen molar-refractivity contribution in [2.24, 2.45) is 5.92 Å². The lowest BCUT2D eigenvalue weighted by Crippen LogP contribution is -2.25. The molecular weight excluding hydrogens is 236 g/mol. The number of nitrogens with zero attached hydrogens (tertiary/aromatic N) is 3. The van der Waals surface area contributed by atoms with Gasteiger partial charge in [0.15, 0.2) is 0 Å². The minimum Gasteiger partial charge on any atom is -0.383 e. The van der Waals surface area contributed by atoms with Gasteiger partial charge in [-0.3, -0.25) is 0 Å². The smallest absolute Gasteiger partial charge is 0.140 e. The Labute approximate surface area is 115 Å². The summed E-state index contributed by atoms with van der Waals surface area (Å²) in [6, 6.07) is 2.24. The van der Waals surface area contributed by atoms with E-state index in [2.05, 4.69) is 31.9 Å². The second-order valence-electron chi connectivity index (χ2n) is 6.61. The number of anilines is 1. The van der Waals surface area contributed by atoms with E-state index in [4.69, 9.17) is 5.73 Å². The van der Waals surface area contributed by atoms with Crippen LogP contribution in [0, 0.1) is 17.2 Å². The normalized spacial score (nSPS) is 17.4. The molecule has 1 heterocycles. The summed E-state index contributed by atoms with van der Waals surface area (Å²) in [4.78, 5) is 0.